The van der Waals surface area contributed by atoms with E-state index in [1.54, 1.807) is 11.6 Å². The van der Waals surface area contributed by atoms with Gasteiger partial charge in [-0.25, -0.2) is 9.67 Å². The molecule has 0 aliphatic rings. The number of nitrogens with zero attached hydrogens (tertiary/aromatic N) is 4. The molecule has 31 heavy (non-hydrogen) atoms. The third-order valence-electron chi connectivity index (χ3n) is 4.94. The number of aromatic nitrogens is 3. The Bertz CT molecular complexity index is 1010. The van der Waals surface area contributed by atoms with Gasteiger partial charge in [0.1, 0.15) is 18.0 Å². The Kier molecular flexibility index (Phi) is 7.63. The standard InChI is InChI=1S/C24H32N4O3/c1-6-30-22(29)16-28-24-20(12-13-21(25-24)17(2)3)23(26-28)18-8-10-19(11-9-18)31-15-7-14-27(4)5/h8-13,17H,6-7,14-16H2,1-5H3. The molecule has 2 heterocycles. The number of hydrogen-bond acceptors (Lipinski definition) is 6. The van der Waals surface area contributed by atoms with Crippen molar-refractivity contribution in [1.82, 2.24) is 19.7 Å². The van der Waals surface area contributed by atoms with Crippen LogP contribution < -0.4 is 4.74 Å². The first-order chi connectivity index (χ1) is 14.9. The summed E-state index contributed by atoms with van der Waals surface area (Å²) in [5.74, 6) is 0.789. The van der Waals surface area contributed by atoms with Crippen LogP contribution in [0.1, 0.15) is 38.8 Å². The third-order valence-corrected chi connectivity index (χ3v) is 4.94. The summed E-state index contributed by atoms with van der Waals surface area (Å²) in [6.07, 6.45) is 0.974. The lowest BCUT2D eigenvalue weighted by atomic mass is 10.1. The maximum Gasteiger partial charge on any atom is 0.327 e. The highest BCUT2D eigenvalue weighted by Gasteiger charge is 2.17. The van der Waals surface area contributed by atoms with Gasteiger partial charge in [0.05, 0.1) is 13.2 Å². The Morgan fingerprint density at radius 3 is 2.52 bits per heavy atom. The molecule has 0 bridgehead atoms. The molecule has 1 aromatic carbocycles. The summed E-state index contributed by atoms with van der Waals surface area (Å²) in [4.78, 5) is 19.0. The maximum atomic E-state index is 12.1. The number of hydrogen-bond donors (Lipinski definition) is 0. The van der Waals surface area contributed by atoms with Gasteiger partial charge in [-0.15, -0.1) is 0 Å². The molecule has 0 aliphatic heterocycles. The van der Waals surface area contributed by atoms with Gasteiger partial charge < -0.3 is 14.4 Å². The maximum absolute atomic E-state index is 12.1. The summed E-state index contributed by atoms with van der Waals surface area (Å²) in [5.41, 5.74) is 3.40. The fraction of sp³-hybridized carbons (Fsp3) is 0.458. The van der Waals surface area contributed by atoms with Crippen molar-refractivity contribution in [3.63, 3.8) is 0 Å². The summed E-state index contributed by atoms with van der Waals surface area (Å²) in [6, 6.07) is 12.0. The Hall–Kier alpha value is -2.93. The molecule has 3 aromatic rings. The number of esters is 1. The lowest BCUT2D eigenvalue weighted by Crippen LogP contribution is -2.15. The van der Waals surface area contributed by atoms with Crippen LogP contribution in [0.5, 0.6) is 5.75 Å². The van der Waals surface area contributed by atoms with Crippen molar-refractivity contribution in [3.05, 3.63) is 42.1 Å². The van der Waals surface area contributed by atoms with E-state index in [0.717, 1.165) is 41.1 Å². The van der Waals surface area contributed by atoms with Gasteiger partial charge in [0, 0.05) is 23.2 Å². The van der Waals surface area contributed by atoms with Crippen LogP contribution in [-0.4, -0.2) is 59.5 Å². The van der Waals surface area contributed by atoms with Crippen molar-refractivity contribution in [2.75, 3.05) is 33.9 Å². The minimum atomic E-state index is -0.323. The normalized spacial score (nSPS) is 11.5. The van der Waals surface area contributed by atoms with Crippen molar-refractivity contribution >= 4 is 17.0 Å². The van der Waals surface area contributed by atoms with Gasteiger partial charge in [0.2, 0.25) is 0 Å². The molecule has 0 N–H and O–H groups in total. The molecule has 0 aliphatic carbocycles. The molecule has 7 nitrogen and oxygen atoms in total. The van der Waals surface area contributed by atoms with E-state index in [0.29, 0.717) is 18.9 Å². The van der Waals surface area contributed by atoms with Crippen LogP contribution in [0.4, 0.5) is 0 Å². The van der Waals surface area contributed by atoms with Gasteiger partial charge >= 0.3 is 5.97 Å². The van der Waals surface area contributed by atoms with Crippen LogP contribution >= 0.6 is 0 Å². The zero-order chi connectivity index (χ0) is 22.4. The quantitative estimate of drug-likeness (QED) is 0.360. The van der Waals surface area contributed by atoms with Crippen LogP contribution in [0, 0.1) is 0 Å². The van der Waals surface area contributed by atoms with Crippen LogP contribution in [-0.2, 0) is 16.1 Å². The first-order valence-corrected chi connectivity index (χ1v) is 10.8. The van der Waals surface area contributed by atoms with Gasteiger partial charge in [0.15, 0.2) is 5.65 Å². The van der Waals surface area contributed by atoms with E-state index in [2.05, 4.69) is 32.8 Å². The largest absolute Gasteiger partial charge is 0.494 e. The average molecular weight is 425 g/mol. The zero-order valence-corrected chi connectivity index (χ0v) is 19.1. The van der Waals surface area contributed by atoms with Crippen molar-refractivity contribution in [2.24, 2.45) is 0 Å². The molecule has 0 fully saturated rings. The molecular formula is C24H32N4O3. The lowest BCUT2D eigenvalue weighted by Gasteiger charge is -2.10. The predicted octanol–water partition coefficient (Wildman–Crippen LogP) is 4.12. The topological polar surface area (TPSA) is 69.5 Å². The number of benzene rings is 1. The van der Waals surface area contributed by atoms with Crippen LogP contribution in [0.2, 0.25) is 0 Å². The SMILES string of the molecule is CCOC(=O)Cn1nc(-c2ccc(OCCCN(C)C)cc2)c2ccc(C(C)C)nc21. The second-order valence-electron chi connectivity index (χ2n) is 8.10. The van der Waals surface area contributed by atoms with Gasteiger partial charge in [-0.2, -0.15) is 5.10 Å². The van der Waals surface area contributed by atoms with Gasteiger partial charge in [-0.3, -0.25) is 4.79 Å². The van der Waals surface area contributed by atoms with E-state index in [4.69, 9.17) is 19.6 Å². The second-order valence-corrected chi connectivity index (χ2v) is 8.10. The van der Waals surface area contributed by atoms with Crippen LogP contribution in [0.15, 0.2) is 36.4 Å². The van der Waals surface area contributed by atoms with E-state index in [1.807, 2.05) is 36.4 Å². The van der Waals surface area contributed by atoms with E-state index in [-0.39, 0.29) is 18.4 Å². The van der Waals surface area contributed by atoms with Crippen molar-refractivity contribution in [2.45, 2.75) is 39.7 Å². The van der Waals surface area contributed by atoms with Crippen molar-refractivity contribution < 1.29 is 14.3 Å². The minimum absolute atomic E-state index is 0.0337. The molecule has 0 amide bonds. The summed E-state index contributed by atoms with van der Waals surface area (Å²) >= 11 is 0. The molecule has 7 heteroatoms. The Morgan fingerprint density at radius 1 is 1.13 bits per heavy atom. The molecule has 0 radical (unpaired) electrons. The fourth-order valence-electron chi connectivity index (χ4n) is 3.32. The molecule has 3 rings (SSSR count). The summed E-state index contributed by atoms with van der Waals surface area (Å²) in [6.45, 7) is 8.03. The van der Waals surface area contributed by atoms with E-state index in [9.17, 15) is 4.79 Å². The molecular weight excluding hydrogens is 392 g/mol. The molecule has 2 aromatic heterocycles. The monoisotopic (exact) mass is 424 g/mol. The average Bonchev–Trinajstić information content (AvgIpc) is 3.09. The summed E-state index contributed by atoms with van der Waals surface area (Å²) < 4.78 is 12.6. The number of pyridine rings is 1. The predicted molar refractivity (Wildman–Crippen MR) is 122 cm³/mol. The van der Waals surface area contributed by atoms with Crippen molar-refractivity contribution in [3.8, 4) is 17.0 Å². The number of rotatable bonds is 10. The first kappa shape index (κ1) is 22.7. The van der Waals surface area contributed by atoms with E-state index in [1.165, 1.54) is 0 Å². The molecule has 166 valence electrons. The molecule has 0 saturated carbocycles. The number of carbonyl (C=O) groups is 1. The minimum Gasteiger partial charge on any atom is -0.494 e. The van der Waals surface area contributed by atoms with Gasteiger partial charge in [0.25, 0.3) is 0 Å². The smallest absolute Gasteiger partial charge is 0.327 e. The highest BCUT2D eigenvalue weighted by molar-refractivity contribution is 5.92. The first-order valence-electron chi connectivity index (χ1n) is 10.8. The van der Waals surface area contributed by atoms with E-state index < -0.39 is 0 Å². The van der Waals surface area contributed by atoms with Crippen LogP contribution in [0.3, 0.4) is 0 Å². The molecule has 0 atom stereocenters. The van der Waals surface area contributed by atoms with Gasteiger partial charge in [-0.05, 0) is 69.8 Å². The number of carbonyl (C=O) groups excluding carboxylic acids is 1. The molecule has 0 spiro atoms. The highest BCUT2D eigenvalue weighted by atomic mass is 16.5. The fourth-order valence-corrected chi connectivity index (χ4v) is 3.32. The Balaban J connectivity index is 1.87. The van der Waals surface area contributed by atoms with Crippen molar-refractivity contribution in [1.29, 1.82) is 0 Å². The highest BCUT2D eigenvalue weighted by Crippen LogP contribution is 2.30. The van der Waals surface area contributed by atoms with E-state index >= 15 is 0 Å². The summed E-state index contributed by atoms with van der Waals surface area (Å²) in [7, 11) is 4.11. The second kappa shape index (κ2) is 10.4. The zero-order valence-electron chi connectivity index (χ0n) is 19.1. The molecule has 0 unspecified atom stereocenters. The van der Waals surface area contributed by atoms with Gasteiger partial charge in [-0.1, -0.05) is 13.8 Å². The Morgan fingerprint density at radius 2 is 1.87 bits per heavy atom. The third kappa shape index (κ3) is 5.82. The Labute approximate surface area is 184 Å². The molecule has 0 saturated heterocycles. The van der Waals surface area contributed by atoms with Crippen LogP contribution in [0.25, 0.3) is 22.3 Å². The lowest BCUT2D eigenvalue weighted by molar-refractivity contribution is -0.143. The number of fused-ring (bicyclic) bond motifs is 1. The summed E-state index contributed by atoms with van der Waals surface area (Å²) in [5, 5.41) is 5.62. The number of ether oxygens (including phenoxy) is 2.